The normalized spacial score (nSPS) is 15.4. The minimum atomic E-state index is -0.780. The maximum Gasteiger partial charge on any atom is 0.303 e. The van der Waals surface area contributed by atoms with E-state index >= 15 is 0 Å². The molecule has 1 aromatic carbocycles. The van der Waals surface area contributed by atoms with Crippen LogP contribution in [0.1, 0.15) is 84.6 Å². The molecular weight excluding hydrogens is 538 g/mol. The quantitative estimate of drug-likeness (QED) is 0.357. The summed E-state index contributed by atoms with van der Waals surface area (Å²) in [6, 6.07) is 5.46. The van der Waals surface area contributed by atoms with Gasteiger partial charge in [0.1, 0.15) is 17.3 Å². The van der Waals surface area contributed by atoms with Crippen molar-refractivity contribution in [3.05, 3.63) is 46.3 Å². The number of carbonyl (C=O) groups excluding carboxylic acids is 2. The lowest BCUT2D eigenvalue weighted by molar-refractivity contribution is -0.138. The molecule has 0 saturated carbocycles. The largest absolute Gasteiger partial charge is 0.494 e. The van der Waals surface area contributed by atoms with Gasteiger partial charge in [-0.05, 0) is 49.3 Å². The van der Waals surface area contributed by atoms with Crippen LogP contribution < -0.4 is 19.7 Å². The molecule has 226 valence electrons. The maximum atomic E-state index is 13.8. The van der Waals surface area contributed by atoms with Crippen LogP contribution >= 0.6 is 0 Å². The molecule has 1 fully saturated rings. The van der Waals surface area contributed by atoms with Gasteiger partial charge in [-0.1, -0.05) is 20.8 Å². The molecule has 1 saturated heterocycles. The fourth-order valence-corrected chi connectivity index (χ4v) is 5.65. The van der Waals surface area contributed by atoms with E-state index in [1.807, 2.05) is 19.1 Å². The lowest BCUT2D eigenvalue weighted by atomic mass is 9.83. The van der Waals surface area contributed by atoms with E-state index in [-0.39, 0.29) is 41.6 Å². The molecule has 0 atom stereocenters. The number of ether oxygens (including phenoxy) is 2. The fraction of sp³-hybridized carbons (Fsp3) is 0.516. The van der Waals surface area contributed by atoms with Gasteiger partial charge in [0, 0.05) is 49.8 Å². The molecule has 4 rings (SSSR count). The number of hydrogen-bond donors (Lipinski definition) is 3. The number of anilines is 1. The van der Waals surface area contributed by atoms with Gasteiger partial charge < -0.3 is 29.7 Å². The van der Waals surface area contributed by atoms with Gasteiger partial charge in [0.2, 0.25) is 0 Å². The number of carboxylic acid groups (broad SMARTS) is 1. The predicted molar refractivity (Wildman–Crippen MR) is 159 cm³/mol. The number of aromatic nitrogens is 1. The Kier molecular flexibility index (Phi) is 9.08. The summed E-state index contributed by atoms with van der Waals surface area (Å²) in [5.74, 6) is -0.0745. The number of pyridine rings is 1. The first-order valence-corrected chi connectivity index (χ1v) is 14.3. The number of benzene rings is 1. The van der Waals surface area contributed by atoms with Crippen molar-refractivity contribution < 1.29 is 29.0 Å². The number of ketones is 1. The first kappa shape index (κ1) is 30.8. The van der Waals surface area contributed by atoms with E-state index in [0.717, 1.165) is 29.7 Å². The highest BCUT2D eigenvalue weighted by molar-refractivity contribution is 6.06. The van der Waals surface area contributed by atoms with Crippen LogP contribution in [0, 0.1) is 11.3 Å². The average Bonchev–Trinajstić information content (AvgIpc) is 3.24. The Labute approximate surface area is 246 Å². The average molecular weight is 580 g/mol. The van der Waals surface area contributed by atoms with Gasteiger partial charge in [-0.3, -0.25) is 19.8 Å². The maximum absolute atomic E-state index is 13.8. The number of fused-ring (bicyclic) bond motifs is 1. The van der Waals surface area contributed by atoms with Crippen LogP contribution in [-0.2, 0) is 16.8 Å². The molecule has 11 heteroatoms. The van der Waals surface area contributed by atoms with Crippen LogP contribution in [-0.4, -0.2) is 78.9 Å². The molecule has 2 aromatic rings. The lowest BCUT2D eigenvalue weighted by Gasteiger charge is -2.36. The van der Waals surface area contributed by atoms with Gasteiger partial charge in [-0.25, -0.2) is 4.98 Å². The van der Waals surface area contributed by atoms with Gasteiger partial charge >= 0.3 is 5.97 Å². The number of nitrogens with one attached hydrogen (secondary N) is 2. The first-order chi connectivity index (χ1) is 19.9. The molecule has 1 amide bonds. The van der Waals surface area contributed by atoms with Gasteiger partial charge in [0.25, 0.3) is 5.91 Å². The first-order valence-electron chi connectivity index (χ1n) is 14.3. The standard InChI is InChI=1S/C31H41N5O6/c1-7-42-24-15-20-16-36(29(32)26(20)34-27(24)30(40)33-5)17-23(37)19-13-21(31(2,3)4)28(41-6)22(14-19)35-10-8-18(9-11-35)12-25(38)39/h13-15,18,32H,7-12,16-17H2,1-6H3,(H,33,40)(H,38,39). The smallest absolute Gasteiger partial charge is 0.303 e. The number of amidine groups is 1. The number of nitrogens with zero attached hydrogens (tertiary/aromatic N) is 3. The van der Waals surface area contributed by atoms with Crippen molar-refractivity contribution in [2.45, 2.75) is 58.9 Å². The zero-order chi connectivity index (χ0) is 30.8. The topological polar surface area (TPSA) is 145 Å². The Bertz CT molecular complexity index is 1390. The van der Waals surface area contributed by atoms with Gasteiger partial charge in [0.05, 0.1) is 25.9 Å². The van der Waals surface area contributed by atoms with Crippen LogP contribution in [0.25, 0.3) is 0 Å². The molecule has 2 aliphatic rings. The highest BCUT2D eigenvalue weighted by atomic mass is 16.5. The van der Waals surface area contributed by atoms with E-state index in [4.69, 9.17) is 14.9 Å². The van der Waals surface area contributed by atoms with E-state index in [1.54, 1.807) is 18.1 Å². The highest BCUT2D eigenvalue weighted by Gasteiger charge is 2.33. The number of piperidine rings is 1. The number of hydrogen-bond acceptors (Lipinski definition) is 8. The second kappa shape index (κ2) is 12.4. The highest BCUT2D eigenvalue weighted by Crippen LogP contribution is 2.42. The number of rotatable bonds is 10. The summed E-state index contributed by atoms with van der Waals surface area (Å²) in [6.45, 7) is 9.99. The number of methoxy groups -OCH3 is 1. The van der Waals surface area contributed by atoms with Crippen LogP contribution in [0.3, 0.4) is 0 Å². The van der Waals surface area contributed by atoms with Gasteiger partial charge in [-0.15, -0.1) is 0 Å². The molecule has 42 heavy (non-hydrogen) atoms. The molecule has 0 spiro atoms. The number of aliphatic carboxylic acids is 1. The van der Waals surface area contributed by atoms with Crippen molar-refractivity contribution in [2.24, 2.45) is 5.92 Å². The number of Topliss-reactive ketones (excluding diaryl/α,β-unsaturated/α-hetero) is 1. The molecule has 0 bridgehead atoms. The summed E-state index contributed by atoms with van der Waals surface area (Å²) < 4.78 is 11.5. The molecule has 1 aromatic heterocycles. The van der Waals surface area contributed by atoms with Gasteiger partial charge in [-0.2, -0.15) is 0 Å². The van der Waals surface area contributed by atoms with E-state index in [2.05, 4.69) is 36.0 Å². The summed E-state index contributed by atoms with van der Waals surface area (Å²) in [6.07, 6.45) is 1.65. The Balaban J connectivity index is 1.62. The predicted octanol–water partition coefficient (Wildman–Crippen LogP) is 3.86. The van der Waals surface area contributed by atoms with Crippen LogP contribution in [0.4, 0.5) is 5.69 Å². The van der Waals surface area contributed by atoms with E-state index in [9.17, 15) is 19.5 Å². The third-order valence-electron chi connectivity index (χ3n) is 7.87. The minimum Gasteiger partial charge on any atom is -0.494 e. The molecule has 0 aliphatic carbocycles. The van der Waals surface area contributed by atoms with Crippen LogP contribution in [0.2, 0.25) is 0 Å². The Morgan fingerprint density at radius 3 is 2.43 bits per heavy atom. The summed E-state index contributed by atoms with van der Waals surface area (Å²) in [5, 5.41) is 20.5. The second-order valence-electron chi connectivity index (χ2n) is 11.8. The van der Waals surface area contributed by atoms with Crippen LogP contribution in [0.15, 0.2) is 18.2 Å². The van der Waals surface area contributed by atoms with Gasteiger partial charge in [0.15, 0.2) is 17.2 Å². The summed E-state index contributed by atoms with van der Waals surface area (Å²) in [7, 11) is 3.14. The number of carboxylic acids is 1. The molecule has 2 aliphatic heterocycles. The van der Waals surface area contributed by atoms with Crippen molar-refractivity contribution in [2.75, 3.05) is 45.3 Å². The van der Waals surface area contributed by atoms with Crippen molar-refractivity contribution in [1.29, 1.82) is 5.41 Å². The summed E-state index contributed by atoms with van der Waals surface area (Å²) >= 11 is 0. The third-order valence-corrected chi connectivity index (χ3v) is 7.87. The molecule has 11 nitrogen and oxygen atoms in total. The second-order valence-corrected chi connectivity index (χ2v) is 11.8. The summed E-state index contributed by atoms with van der Waals surface area (Å²) in [5.41, 5.74) is 3.11. The Hall–Kier alpha value is -4.15. The Morgan fingerprint density at radius 1 is 1.17 bits per heavy atom. The van der Waals surface area contributed by atoms with Crippen molar-refractivity contribution in [3.63, 3.8) is 0 Å². The van der Waals surface area contributed by atoms with Crippen molar-refractivity contribution >= 4 is 29.2 Å². The molecular formula is C31H41N5O6. The van der Waals surface area contributed by atoms with Crippen molar-refractivity contribution in [3.8, 4) is 11.5 Å². The molecule has 3 N–H and O–H groups in total. The van der Waals surface area contributed by atoms with Crippen molar-refractivity contribution in [1.82, 2.24) is 15.2 Å². The third kappa shape index (κ3) is 6.34. The van der Waals surface area contributed by atoms with E-state index in [0.29, 0.717) is 49.0 Å². The van der Waals surface area contributed by atoms with E-state index in [1.165, 1.54) is 7.05 Å². The number of carbonyl (C=O) groups is 3. The summed E-state index contributed by atoms with van der Waals surface area (Å²) in [4.78, 5) is 45.7. The molecule has 0 unspecified atom stereocenters. The molecule has 3 heterocycles. The zero-order valence-corrected chi connectivity index (χ0v) is 25.3. The zero-order valence-electron chi connectivity index (χ0n) is 25.3. The minimum absolute atomic E-state index is 0.0372. The lowest BCUT2D eigenvalue weighted by Crippen LogP contribution is -2.35. The fourth-order valence-electron chi connectivity index (χ4n) is 5.65. The van der Waals surface area contributed by atoms with E-state index < -0.39 is 11.9 Å². The SMILES string of the molecule is CCOc1cc2c(nc1C(=O)NC)C(=N)N(CC(=O)c1cc(N3CCC(CC(=O)O)CC3)c(OC)c(C(C)(C)C)c1)C2. The Morgan fingerprint density at radius 2 is 1.86 bits per heavy atom. The van der Waals surface area contributed by atoms with Crippen LogP contribution in [0.5, 0.6) is 11.5 Å². The molecule has 0 radical (unpaired) electrons. The number of amides is 1. The monoisotopic (exact) mass is 579 g/mol.